The molecule has 1 N–H and O–H groups in total. The van der Waals surface area contributed by atoms with Gasteiger partial charge in [-0.25, -0.2) is 0 Å². The molecule has 0 saturated heterocycles. The van der Waals surface area contributed by atoms with Crippen molar-refractivity contribution in [2.75, 3.05) is 18.6 Å². The minimum absolute atomic E-state index is 0.0890. The molecule has 4 nitrogen and oxygen atoms in total. The Hall–Kier alpha value is -1.85. The third kappa shape index (κ3) is 2.62. The van der Waals surface area contributed by atoms with E-state index in [9.17, 15) is 9.90 Å². The van der Waals surface area contributed by atoms with Crippen molar-refractivity contribution in [2.24, 2.45) is 0 Å². The van der Waals surface area contributed by atoms with Crippen molar-refractivity contribution in [3.63, 3.8) is 0 Å². The number of fused-ring (bicyclic) bond motifs is 1. The number of hydrogen-bond acceptors (Lipinski definition) is 3. The summed E-state index contributed by atoms with van der Waals surface area (Å²) in [5.41, 5.74) is 2.07. The number of methoxy groups -OCH3 is 1. The molecule has 1 atom stereocenters. The average Bonchev–Trinajstić information content (AvgIpc) is 2.54. The van der Waals surface area contributed by atoms with Crippen molar-refractivity contribution in [1.29, 1.82) is 0 Å². The van der Waals surface area contributed by atoms with Crippen LogP contribution in [0.5, 0.6) is 5.75 Å². The van der Waals surface area contributed by atoms with Crippen LogP contribution in [0.2, 0.25) is 0 Å². The van der Waals surface area contributed by atoms with Crippen LogP contribution >= 0.6 is 15.9 Å². The molecule has 1 heterocycles. The zero-order chi connectivity index (χ0) is 15.7. The van der Waals surface area contributed by atoms with Gasteiger partial charge >= 0.3 is 0 Å². The third-order valence-corrected chi connectivity index (χ3v) is 4.55. The number of halogens is 1. The molecule has 1 unspecified atom stereocenters. The molecule has 0 fully saturated rings. The molecule has 1 aliphatic heterocycles. The highest BCUT2D eigenvalue weighted by Gasteiger charge is 2.29. The van der Waals surface area contributed by atoms with E-state index in [0.29, 0.717) is 30.0 Å². The van der Waals surface area contributed by atoms with Crippen LogP contribution < -0.4 is 9.64 Å². The molecule has 1 amide bonds. The number of hydrogen-bond donors (Lipinski definition) is 1. The highest BCUT2D eigenvalue weighted by Crippen LogP contribution is 2.37. The van der Waals surface area contributed by atoms with Gasteiger partial charge in [-0.1, -0.05) is 18.2 Å². The first-order chi connectivity index (χ1) is 10.6. The van der Waals surface area contributed by atoms with Crippen LogP contribution in [0.4, 0.5) is 5.69 Å². The molecule has 2 aromatic rings. The highest BCUT2D eigenvalue weighted by atomic mass is 79.9. The van der Waals surface area contributed by atoms with Crippen LogP contribution in [-0.2, 0) is 0 Å². The Morgan fingerprint density at radius 3 is 2.82 bits per heavy atom. The number of amides is 1. The van der Waals surface area contributed by atoms with Crippen molar-refractivity contribution in [3.8, 4) is 5.75 Å². The van der Waals surface area contributed by atoms with Crippen LogP contribution in [0.3, 0.4) is 0 Å². The summed E-state index contributed by atoms with van der Waals surface area (Å²) in [6.45, 7) is 0.474. The number of carbonyl (C=O) groups excluding carboxylic acids is 1. The highest BCUT2D eigenvalue weighted by molar-refractivity contribution is 9.10. The quantitative estimate of drug-likeness (QED) is 0.889. The number of benzene rings is 2. The summed E-state index contributed by atoms with van der Waals surface area (Å²) in [6.07, 6.45) is -0.0284. The minimum atomic E-state index is -0.552. The number of anilines is 1. The molecular formula is C17H16BrNO3. The van der Waals surface area contributed by atoms with Gasteiger partial charge in [0.15, 0.2) is 0 Å². The second-order valence-corrected chi connectivity index (χ2v) is 6.02. The minimum Gasteiger partial charge on any atom is -0.497 e. The summed E-state index contributed by atoms with van der Waals surface area (Å²) in [7, 11) is 1.58. The van der Waals surface area contributed by atoms with Gasteiger partial charge in [-0.3, -0.25) is 4.79 Å². The van der Waals surface area contributed by atoms with Gasteiger partial charge in [0.25, 0.3) is 5.91 Å². The summed E-state index contributed by atoms with van der Waals surface area (Å²) in [5.74, 6) is 0.576. The maximum atomic E-state index is 12.9. The molecule has 0 radical (unpaired) electrons. The van der Waals surface area contributed by atoms with E-state index in [4.69, 9.17) is 4.74 Å². The standard InChI is InChI=1S/C17H16BrNO3/c1-22-11-6-7-13-15(10-11)19(9-8-16(13)20)17(21)12-4-2-3-5-14(12)18/h2-7,10,16,20H,8-9H2,1H3. The van der Waals surface area contributed by atoms with Gasteiger partial charge < -0.3 is 14.7 Å². The van der Waals surface area contributed by atoms with Crippen LogP contribution in [0.15, 0.2) is 46.9 Å². The van der Waals surface area contributed by atoms with Crippen molar-refractivity contribution < 1.29 is 14.6 Å². The molecule has 22 heavy (non-hydrogen) atoms. The average molecular weight is 362 g/mol. The summed E-state index contributed by atoms with van der Waals surface area (Å²) in [4.78, 5) is 14.6. The van der Waals surface area contributed by atoms with E-state index in [1.54, 1.807) is 30.2 Å². The van der Waals surface area contributed by atoms with Crippen molar-refractivity contribution in [2.45, 2.75) is 12.5 Å². The van der Waals surface area contributed by atoms with Crippen LogP contribution in [0.1, 0.15) is 28.4 Å². The second-order valence-electron chi connectivity index (χ2n) is 5.17. The van der Waals surface area contributed by atoms with E-state index < -0.39 is 6.10 Å². The number of aliphatic hydroxyl groups is 1. The Morgan fingerprint density at radius 2 is 2.09 bits per heavy atom. The normalized spacial score (nSPS) is 17.0. The Kier molecular flexibility index (Phi) is 4.18. The second kappa shape index (κ2) is 6.10. The van der Waals surface area contributed by atoms with E-state index >= 15 is 0 Å². The molecule has 1 aliphatic rings. The fourth-order valence-corrected chi connectivity index (χ4v) is 3.14. The molecular weight excluding hydrogens is 346 g/mol. The molecule has 0 saturated carbocycles. The molecule has 0 bridgehead atoms. The van der Waals surface area contributed by atoms with Gasteiger partial charge in [0, 0.05) is 22.6 Å². The number of nitrogens with zero attached hydrogens (tertiary/aromatic N) is 1. The first kappa shape index (κ1) is 15.1. The zero-order valence-electron chi connectivity index (χ0n) is 12.1. The Morgan fingerprint density at radius 1 is 1.32 bits per heavy atom. The zero-order valence-corrected chi connectivity index (χ0v) is 13.7. The maximum absolute atomic E-state index is 12.9. The summed E-state index contributed by atoms with van der Waals surface area (Å²) >= 11 is 3.42. The monoisotopic (exact) mass is 361 g/mol. The van der Waals surface area contributed by atoms with Crippen molar-refractivity contribution in [3.05, 3.63) is 58.1 Å². The van der Waals surface area contributed by atoms with E-state index in [2.05, 4.69) is 15.9 Å². The Labute approximate surface area is 137 Å². The molecule has 0 aromatic heterocycles. The molecule has 114 valence electrons. The van der Waals surface area contributed by atoms with Gasteiger partial charge in [0.1, 0.15) is 5.75 Å². The van der Waals surface area contributed by atoms with E-state index in [0.717, 1.165) is 10.0 Å². The SMILES string of the molecule is COc1ccc2c(c1)N(C(=O)c1ccccc1Br)CCC2O. The van der Waals surface area contributed by atoms with E-state index in [1.165, 1.54) is 0 Å². The fourth-order valence-electron chi connectivity index (χ4n) is 2.68. The predicted octanol–water partition coefficient (Wildman–Crippen LogP) is 3.54. The smallest absolute Gasteiger partial charge is 0.259 e. The summed E-state index contributed by atoms with van der Waals surface area (Å²) in [6, 6.07) is 12.8. The van der Waals surface area contributed by atoms with E-state index in [1.807, 2.05) is 24.3 Å². The lowest BCUT2D eigenvalue weighted by Gasteiger charge is -2.32. The lowest BCUT2D eigenvalue weighted by molar-refractivity contribution is 0.0970. The first-order valence-electron chi connectivity index (χ1n) is 7.04. The number of rotatable bonds is 2. The van der Waals surface area contributed by atoms with Gasteiger partial charge in [0.2, 0.25) is 0 Å². The Balaban J connectivity index is 2.05. The van der Waals surface area contributed by atoms with Gasteiger partial charge in [-0.15, -0.1) is 0 Å². The summed E-state index contributed by atoms with van der Waals surface area (Å²) in [5, 5.41) is 10.2. The van der Waals surface area contributed by atoms with Crippen LogP contribution in [-0.4, -0.2) is 24.7 Å². The van der Waals surface area contributed by atoms with Crippen LogP contribution in [0, 0.1) is 0 Å². The van der Waals surface area contributed by atoms with Crippen LogP contribution in [0.25, 0.3) is 0 Å². The maximum Gasteiger partial charge on any atom is 0.259 e. The molecule has 5 heteroatoms. The number of ether oxygens (including phenoxy) is 1. The third-order valence-electron chi connectivity index (χ3n) is 3.86. The van der Waals surface area contributed by atoms with Gasteiger partial charge in [0.05, 0.1) is 24.5 Å². The number of aliphatic hydroxyl groups excluding tert-OH is 1. The molecule has 2 aromatic carbocycles. The molecule has 0 aliphatic carbocycles. The van der Waals surface area contributed by atoms with Gasteiger partial charge in [-0.2, -0.15) is 0 Å². The predicted molar refractivity (Wildman–Crippen MR) is 88.4 cm³/mol. The topological polar surface area (TPSA) is 49.8 Å². The van der Waals surface area contributed by atoms with Crippen molar-refractivity contribution in [1.82, 2.24) is 0 Å². The van der Waals surface area contributed by atoms with Gasteiger partial charge in [-0.05, 0) is 40.5 Å². The Bertz CT molecular complexity index is 717. The lowest BCUT2D eigenvalue weighted by atomic mass is 9.97. The molecule has 0 spiro atoms. The molecule has 3 rings (SSSR count). The lowest BCUT2D eigenvalue weighted by Crippen LogP contribution is -2.36. The van der Waals surface area contributed by atoms with E-state index in [-0.39, 0.29) is 5.91 Å². The fraction of sp³-hybridized carbons (Fsp3) is 0.235. The number of carbonyl (C=O) groups is 1. The van der Waals surface area contributed by atoms with Crippen molar-refractivity contribution >= 4 is 27.5 Å². The summed E-state index contributed by atoms with van der Waals surface area (Å²) < 4.78 is 6.00. The largest absolute Gasteiger partial charge is 0.497 e. The first-order valence-corrected chi connectivity index (χ1v) is 7.83.